The molecule has 0 atom stereocenters. The smallest absolute Gasteiger partial charge is 0.188 e. The lowest BCUT2D eigenvalue weighted by molar-refractivity contribution is 0.101. The van der Waals surface area contributed by atoms with Gasteiger partial charge in [-0.05, 0) is 25.1 Å². The number of nitrogens with one attached hydrogen (secondary N) is 1. The number of hydrogen-bond acceptors (Lipinski definition) is 5. The number of aromatic nitrogens is 1. The zero-order valence-electron chi connectivity index (χ0n) is 10.8. The quantitative estimate of drug-likeness (QED) is 0.865. The zero-order valence-corrected chi connectivity index (χ0v) is 12.4. The van der Waals surface area contributed by atoms with E-state index in [9.17, 15) is 4.79 Å². The second kappa shape index (κ2) is 5.59. The summed E-state index contributed by atoms with van der Waals surface area (Å²) >= 11 is 7.38. The first-order valence-corrected chi connectivity index (χ1v) is 6.79. The number of halogens is 1. The van der Waals surface area contributed by atoms with Gasteiger partial charge in [-0.15, -0.1) is 11.3 Å². The van der Waals surface area contributed by atoms with Crippen LogP contribution in [0, 0.1) is 6.92 Å². The molecule has 1 N–H and O–H groups in total. The minimum Gasteiger partial charge on any atom is -0.495 e. The topological polar surface area (TPSA) is 51.2 Å². The summed E-state index contributed by atoms with van der Waals surface area (Å²) in [5.41, 5.74) is 1.22. The summed E-state index contributed by atoms with van der Waals surface area (Å²) in [4.78, 5) is 16.5. The number of methoxy groups -OCH3 is 1. The van der Waals surface area contributed by atoms with Gasteiger partial charge in [0, 0.05) is 16.8 Å². The summed E-state index contributed by atoms with van der Waals surface area (Å²) in [6.45, 7) is 3.38. The number of hydrogen-bond donors (Lipinski definition) is 1. The van der Waals surface area contributed by atoms with Gasteiger partial charge in [-0.1, -0.05) is 11.6 Å². The molecule has 0 aliphatic rings. The highest BCUT2D eigenvalue weighted by atomic mass is 35.5. The standard InChI is InChI=1S/C13H13ClN2O2S/c1-7(17)12-8(2)19-13(16-12)15-10-6-9(14)4-5-11(10)18-3/h4-6H,1-3H3,(H,15,16). The number of anilines is 2. The molecule has 0 aliphatic carbocycles. The van der Waals surface area contributed by atoms with Crippen molar-refractivity contribution in [3.8, 4) is 5.75 Å². The minimum absolute atomic E-state index is 0.0418. The zero-order chi connectivity index (χ0) is 14.0. The molecule has 0 saturated heterocycles. The van der Waals surface area contributed by atoms with E-state index in [1.165, 1.54) is 18.3 Å². The van der Waals surface area contributed by atoms with Crippen LogP contribution in [0.2, 0.25) is 5.02 Å². The van der Waals surface area contributed by atoms with Crippen LogP contribution in [-0.2, 0) is 0 Å². The van der Waals surface area contributed by atoms with E-state index in [1.807, 2.05) is 6.92 Å². The number of thiazole rings is 1. The van der Waals surface area contributed by atoms with Crippen LogP contribution in [-0.4, -0.2) is 17.9 Å². The minimum atomic E-state index is -0.0418. The molecular weight excluding hydrogens is 284 g/mol. The maximum atomic E-state index is 11.4. The van der Waals surface area contributed by atoms with Gasteiger partial charge in [-0.3, -0.25) is 4.79 Å². The fourth-order valence-electron chi connectivity index (χ4n) is 1.67. The van der Waals surface area contributed by atoms with Crippen LogP contribution in [0.15, 0.2) is 18.2 Å². The third-order valence-electron chi connectivity index (χ3n) is 2.53. The van der Waals surface area contributed by atoms with Gasteiger partial charge < -0.3 is 10.1 Å². The van der Waals surface area contributed by atoms with Crippen molar-refractivity contribution < 1.29 is 9.53 Å². The Kier molecular flexibility index (Phi) is 4.07. The van der Waals surface area contributed by atoms with Crippen LogP contribution < -0.4 is 10.1 Å². The molecule has 1 aromatic carbocycles. The van der Waals surface area contributed by atoms with Gasteiger partial charge in [-0.25, -0.2) is 4.98 Å². The average Bonchev–Trinajstić information content (AvgIpc) is 2.71. The molecule has 1 aromatic heterocycles. The van der Waals surface area contributed by atoms with Crippen LogP contribution in [0.25, 0.3) is 0 Å². The van der Waals surface area contributed by atoms with Gasteiger partial charge in [0.1, 0.15) is 11.4 Å². The van der Waals surface area contributed by atoms with Crippen molar-refractivity contribution in [3.05, 3.63) is 33.8 Å². The number of benzene rings is 1. The van der Waals surface area contributed by atoms with Crippen molar-refractivity contribution in [2.75, 3.05) is 12.4 Å². The molecule has 6 heteroatoms. The number of Topliss-reactive ketones (excluding diaryl/α,β-unsaturated/α-hetero) is 1. The predicted molar refractivity (Wildman–Crippen MR) is 78.1 cm³/mol. The number of rotatable bonds is 4. The van der Waals surface area contributed by atoms with Gasteiger partial charge in [0.05, 0.1) is 12.8 Å². The number of carbonyl (C=O) groups is 1. The lowest BCUT2D eigenvalue weighted by Crippen LogP contribution is -1.97. The van der Waals surface area contributed by atoms with Gasteiger partial charge in [0.15, 0.2) is 10.9 Å². The molecule has 19 heavy (non-hydrogen) atoms. The SMILES string of the molecule is COc1ccc(Cl)cc1Nc1nc(C(C)=O)c(C)s1. The highest BCUT2D eigenvalue weighted by Crippen LogP contribution is 2.32. The summed E-state index contributed by atoms with van der Waals surface area (Å²) in [6, 6.07) is 5.28. The largest absolute Gasteiger partial charge is 0.495 e. The molecule has 0 fully saturated rings. The number of ether oxygens (including phenoxy) is 1. The highest BCUT2D eigenvalue weighted by molar-refractivity contribution is 7.15. The Hall–Kier alpha value is -1.59. The van der Waals surface area contributed by atoms with E-state index in [2.05, 4.69) is 10.3 Å². The molecule has 0 radical (unpaired) electrons. The first-order chi connectivity index (χ1) is 9.01. The van der Waals surface area contributed by atoms with Crippen molar-refractivity contribution in [1.29, 1.82) is 0 Å². The molecule has 1 heterocycles. The fourth-order valence-corrected chi connectivity index (χ4v) is 2.72. The van der Waals surface area contributed by atoms with E-state index in [-0.39, 0.29) is 5.78 Å². The van der Waals surface area contributed by atoms with Crippen molar-refractivity contribution >= 4 is 39.5 Å². The van der Waals surface area contributed by atoms with E-state index >= 15 is 0 Å². The Morgan fingerprint density at radius 3 is 2.79 bits per heavy atom. The molecule has 2 rings (SSSR count). The molecule has 0 bridgehead atoms. The molecule has 0 saturated carbocycles. The summed E-state index contributed by atoms with van der Waals surface area (Å²) < 4.78 is 5.25. The van der Waals surface area contributed by atoms with Gasteiger partial charge in [0.2, 0.25) is 0 Å². The fraction of sp³-hybridized carbons (Fsp3) is 0.231. The van der Waals surface area contributed by atoms with Gasteiger partial charge in [-0.2, -0.15) is 0 Å². The molecule has 2 aromatic rings. The average molecular weight is 297 g/mol. The van der Waals surface area contributed by atoms with E-state index in [4.69, 9.17) is 16.3 Å². The van der Waals surface area contributed by atoms with E-state index in [1.54, 1.807) is 25.3 Å². The van der Waals surface area contributed by atoms with E-state index in [0.29, 0.717) is 21.6 Å². The van der Waals surface area contributed by atoms with Crippen LogP contribution >= 0.6 is 22.9 Å². The third kappa shape index (κ3) is 3.05. The number of aryl methyl sites for hydroxylation is 1. The maximum Gasteiger partial charge on any atom is 0.188 e. The van der Waals surface area contributed by atoms with Gasteiger partial charge >= 0.3 is 0 Å². The first-order valence-electron chi connectivity index (χ1n) is 5.60. The number of nitrogens with zero attached hydrogens (tertiary/aromatic N) is 1. The molecule has 0 unspecified atom stereocenters. The first kappa shape index (κ1) is 13.8. The Balaban J connectivity index is 2.33. The molecule has 100 valence electrons. The predicted octanol–water partition coefficient (Wildman–Crippen LogP) is 4.06. The lowest BCUT2D eigenvalue weighted by atomic mass is 10.3. The number of ketones is 1. The van der Waals surface area contributed by atoms with Crippen LogP contribution in [0.1, 0.15) is 22.3 Å². The van der Waals surface area contributed by atoms with E-state index in [0.717, 1.165) is 10.6 Å². The molecule has 0 amide bonds. The number of carbonyl (C=O) groups excluding carboxylic acids is 1. The summed E-state index contributed by atoms with van der Waals surface area (Å²) in [5.74, 6) is 0.626. The Morgan fingerprint density at radius 2 is 2.21 bits per heavy atom. The Bertz CT molecular complexity index is 625. The normalized spacial score (nSPS) is 10.3. The van der Waals surface area contributed by atoms with Crippen LogP contribution in [0.5, 0.6) is 5.75 Å². The molecular formula is C13H13ClN2O2S. The summed E-state index contributed by atoms with van der Waals surface area (Å²) in [7, 11) is 1.59. The molecule has 0 aliphatic heterocycles. The molecule has 4 nitrogen and oxygen atoms in total. The monoisotopic (exact) mass is 296 g/mol. The third-order valence-corrected chi connectivity index (χ3v) is 3.65. The van der Waals surface area contributed by atoms with Gasteiger partial charge in [0.25, 0.3) is 0 Å². The molecule has 0 spiro atoms. The second-order valence-corrected chi connectivity index (χ2v) is 5.59. The van der Waals surface area contributed by atoms with Crippen molar-refractivity contribution in [3.63, 3.8) is 0 Å². The lowest BCUT2D eigenvalue weighted by Gasteiger charge is -2.09. The highest BCUT2D eigenvalue weighted by Gasteiger charge is 2.13. The van der Waals surface area contributed by atoms with Crippen LogP contribution in [0.3, 0.4) is 0 Å². The second-order valence-electron chi connectivity index (χ2n) is 3.95. The van der Waals surface area contributed by atoms with Crippen molar-refractivity contribution in [1.82, 2.24) is 4.98 Å². The van der Waals surface area contributed by atoms with Crippen LogP contribution in [0.4, 0.5) is 10.8 Å². The van der Waals surface area contributed by atoms with Crippen molar-refractivity contribution in [2.24, 2.45) is 0 Å². The van der Waals surface area contributed by atoms with Crippen molar-refractivity contribution in [2.45, 2.75) is 13.8 Å². The Morgan fingerprint density at radius 1 is 1.47 bits per heavy atom. The summed E-state index contributed by atoms with van der Waals surface area (Å²) in [5, 5.41) is 4.37. The summed E-state index contributed by atoms with van der Waals surface area (Å²) in [6.07, 6.45) is 0. The Labute approximate surface area is 120 Å². The maximum absolute atomic E-state index is 11.4. The van der Waals surface area contributed by atoms with E-state index < -0.39 is 0 Å².